The molecule has 3 heterocycles. The number of nitrogens with zero attached hydrogens (tertiary/aromatic N) is 2. The van der Waals surface area contributed by atoms with Crippen LogP contribution in [0.25, 0.3) is 16.6 Å². The van der Waals surface area contributed by atoms with Crippen molar-refractivity contribution in [1.82, 2.24) is 19.7 Å². The Hall–Kier alpha value is -2.11. The molecule has 0 spiro atoms. The third-order valence-corrected chi connectivity index (χ3v) is 4.56. The molecular weight excluding hydrogens is 352 g/mol. The molecule has 23 heavy (non-hydrogen) atoms. The number of aromatic amines is 1. The predicted octanol–water partition coefficient (Wildman–Crippen LogP) is 3.91. The Balaban J connectivity index is 1.37. The van der Waals surface area contributed by atoms with Crippen molar-refractivity contribution < 1.29 is 0 Å². The lowest BCUT2D eigenvalue weighted by Gasteiger charge is -2.06. The molecule has 0 aliphatic rings. The van der Waals surface area contributed by atoms with E-state index < -0.39 is 0 Å². The van der Waals surface area contributed by atoms with Crippen LogP contribution in [0.1, 0.15) is 11.3 Å². The van der Waals surface area contributed by atoms with Crippen molar-refractivity contribution in [3.8, 4) is 0 Å². The Morgan fingerprint density at radius 3 is 3.09 bits per heavy atom. The number of halogens is 1. The maximum absolute atomic E-state index is 4.43. The first kappa shape index (κ1) is 14.5. The van der Waals surface area contributed by atoms with Crippen molar-refractivity contribution in [3.05, 3.63) is 70.7 Å². The first-order valence-electron chi connectivity index (χ1n) is 7.68. The summed E-state index contributed by atoms with van der Waals surface area (Å²) in [5.74, 6) is 0. The average molecular weight is 369 g/mol. The number of nitrogens with one attached hydrogen (secondary N) is 2. The highest BCUT2D eigenvalue weighted by atomic mass is 79.9. The minimum atomic E-state index is 0.815. The summed E-state index contributed by atoms with van der Waals surface area (Å²) >= 11 is 3.47. The van der Waals surface area contributed by atoms with E-state index in [1.807, 2.05) is 30.7 Å². The Bertz CT molecular complexity index is 954. The zero-order chi connectivity index (χ0) is 15.6. The number of hydrogen-bond acceptors (Lipinski definition) is 2. The predicted molar refractivity (Wildman–Crippen MR) is 96.6 cm³/mol. The number of hydrogen-bond donors (Lipinski definition) is 2. The van der Waals surface area contributed by atoms with Crippen LogP contribution in [0.15, 0.2) is 59.5 Å². The zero-order valence-corrected chi connectivity index (χ0v) is 14.2. The Morgan fingerprint density at radius 2 is 2.13 bits per heavy atom. The number of benzene rings is 1. The Morgan fingerprint density at radius 1 is 1.17 bits per heavy atom. The highest BCUT2D eigenvalue weighted by Crippen LogP contribution is 2.15. The molecule has 0 aliphatic carbocycles. The molecule has 2 N–H and O–H groups in total. The first-order chi connectivity index (χ1) is 11.3. The molecule has 4 rings (SSSR count). The van der Waals surface area contributed by atoms with Crippen molar-refractivity contribution in [2.45, 2.75) is 13.0 Å². The second-order valence-corrected chi connectivity index (χ2v) is 6.56. The number of imidazole rings is 1. The molecule has 3 aromatic heterocycles. The van der Waals surface area contributed by atoms with Gasteiger partial charge in [0.1, 0.15) is 5.65 Å². The average Bonchev–Trinajstić information content (AvgIpc) is 3.17. The molecule has 0 saturated carbocycles. The summed E-state index contributed by atoms with van der Waals surface area (Å²) < 4.78 is 3.17. The van der Waals surface area contributed by atoms with Crippen LogP contribution in [0.2, 0.25) is 0 Å². The van der Waals surface area contributed by atoms with Gasteiger partial charge >= 0.3 is 0 Å². The summed E-state index contributed by atoms with van der Waals surface area (Å²) in [5, 5.41) is 4.78. The number of H-pyrrole nitrogens is 1. The molecule has 0 radical (unpaired) electrons. The summed E-state index contributed by atoms with van der Waals surface area (Å²) in [5.41, 5.74) is 4.69. The Labute approximate surface area is 142 Å². The topological polar surface area (TPSA) is 45.1 Å². The van der Waals surface area contributed by atoms with Crippen LogP contribution < -0.4 is 5.32 Å². The summed E-state index contributed by atoms with van der Waals surface area (Å²) in [7, 11) is 0. The molecule has 4 nitrogen and oxygen atoms in total. The van der Waals surface area contributed by atoms with E-state index in [-0.39, 0.29) is 0 Å². The maximum atomic E-state index is 4.43. The smallest absolute Gasteiger partial charge is 0.138 e. The van der Waals surface area contributed by atoms with Gasteiger partial charge < -0.3 is 14.7 Å². The van der Waals surface area contributed by atoms with E-state index in [2.05, 4.69) is 59.9 Å². The second-order valence-electron chi connectivity index (χ2n) is 5.65. The van der Waals surface area contributed by atoms with Gasteiger partial charge in [-0.3, -0.25) is 0 Å². The van der Waals surface area contributed by atoms with Gasteiger partial charge in [0.2, 0.25) is 0 Å². The molecule has 1 aromatic carbocycles. The molecule has 0 bridgehead atoms. The number of rotatable bonds is 5. The normalized spacial score (nSPS) is 11.5. The van der Waals surface area contributed by atoms with Gasteiger partial charge in [-0.2, -0.15) is 0 Å². The standard InChI is InChI=1S/C18H17BrN4/c19-15-5-8-23-16(12-22-18(23)10-15)11-20-6-3-13-1-2-17-14(9-13)4-7-21-17/h1-2,4-5,7-10,12,20-21H,3,6,11H2. The van der Waals surface area contributed by atoms with E-state index in [4.69, 9.17) is 0 Å². The van der Waals surface area contributed by atoms with E-state index in [1.165, 1.54) is 22.2 Å². The third kappa shape index (κ3) is 3.02. The summed E-state index contributed by atoms with van der Waals surface area (Å²) in [6.07, 6.45) is 6.98. The number of fused-ring (bicyclic) bond motifs is 2. The van der Waals surface area contributed by atoms with Crippen LogP contribution in [0.5, 0.6) is 0 Å². The number of aromatic nitrogens is 3. The minimum Gasteiger partial charge on any atom is -0.361 e. The fourth-order valence-electron chi connectivity index (χ4n) is 2.85. The zero-order valence-electron chi connectivity index (χ0n) is 12.6. The van der Waals surface area contributed by atoms with Crippen molar-refractivity contribution in [2.75, 3.05) is 6.54 Å². The number of pyridine rings is 1. The van der Waals surface area contributed by atoms with Gasteiger partial charge in [0.05, 0.1) is 11.9 Å². The van der Waals surface area contributed by atoms with Gasteiger partial charge in [-0.15, -0.1) is 0 Å². The van der Waals surface area contributed by atoms with Crippen LogP contribution >= 0.6 is 15.9 Å². The molecule has 0 fully saturated rings. The van der Waals surface area contributed by atoms with Crippen molar-refractivity contribution in [3.63, 3.8) is 0 Å². The minimum absolute atomic E-state index is 0.815. The monoisotopic (exact) mass is 368 g/mol. The lowest BCUT2D eigenvalue weighted by atomic mass is 10.1. The molecule has 0 unspecified atom stereocenters. The van der Waals surface area contributed by atoms with Crippen LogP contribution in [0.3, 0.4) is 0 Å². The first-order valence-corrected chi connectivity index (χ1v) is 8.47. The highest BCUT2D eigenvalue weighted by molar-refractivity contribution is 9.10. The fraction of sp³-hybridized carbons (Fsp3) is 0.167. The fourth-order valence-corrected chi connectivity index (χ4v) is 3.17. The van der Waals surface area contributed by atoms with Crippen LogP contribution in [0.4, 0.5) is 0 Å². The molecule has 0 aliphatic heterocycles. The van der Waals surface area contributed by atoms with E-state index in [0.717, 1.165) is 29.6 Å². The quantitative estimate of drug-likeness (QED) is 0.524. The molecule has 0 saturated heterocycles. The van der Waals surface area contributed by atoms with Gasteiger partial charge in [-0.05, 0) is 54.2 Å². The van der Waals surface area contributed by atoms with E-state index in [0.29, 0.717) is 0 Å². The molecule has 4 aromatic rings. The molecular formula is C18H17BrN4. The van der Waals surface area contributed by atoms with E-state index in [9.17, 15) is 0 Å². The van der Waals surface area contributed by atoms with Gasteiger partial charge in [0.15, 0.2) is 0 Å². The SMILES string of the molecule is Brc1ccn2c(CNCCc3ccc4[nH]ccc4c3)cnc2c1. The van der Waals surface area contributed by atoms with Crippen molar-refractivity contribution in [1.29, 1.82) is 0 Å². The van der Waals surface area contributed by atoms with Crippen molar-refractivity contribution in [2.24, 2.45) is 0 Å². The summed E-state index contributed by atoms with van der Waals surface area (Å²) in [6, 6.07) is 12.8. The van der Waals surface area contributed by atoms with Crippen LogP contribution in [-0.4, -0.2) is 20.9 Å². The van der Waals surface area contributed by atoms with E-state index >= 15 is 0 Å². The van der Waals surface area contributed by atoms with E-state index in [1.54, 1.807) is 0 Å². The maximum Gasteiger partial charge on any atom is 0.138 e. The highest BCUT2D eigenvalue weighted by Gasteiger charge is 2.03. The molecule has 5 heteroatoms. The molecule has 0 atom stereocenters. The van der Waals surface area contributed by atoms with Gasteiger partial charge in [-0.25, -0.2) is 4.98 Å². The largest absolute Gasteiger partial charge is 0.361 e. The summed E-state index contributed by atoms with van der Waals surface area (Å²) in [4.78, 5) is 7.66. The lowest BCUT2D eigenvalue weighted by Crippen LogP contribution is -2.17. The van der Waals surface area contributed by atoms with Crippen LogP contribution in [-0.2, 0) is 13.0 Å². The third-order valence-electron chi connectivity index (χ3n) is 4.07. The lowest BCUT2D eigenvalue weighted by molar-refractivity contribution is 0.671. The van der Waals surface area contributed by atoms with Gasteiger partial charge in [-0.1, -0.05) is 22.0 Å². The molecule has 0 amide bonds. The van der Waals surface area contributed by atoms with Crippen LogP contribution in [0, 0.1) is 0 Å². The summed E-state index contributed by atoms with van der Waals surface area (Å²) in [6.45, 7) is 1.76. The van der Waals surface area contributed by atoms with Gasteiger partial charge in [0, 0.05) is 28.9 Å². The van der Waals surface area contributed by atoms with Gasteiger partial charge in [0.25, 0.3) is 0 Å². The molecule has 116 valence electrons. The Kier molecular flexibility index (Phi) is 3.89. The van der Waals surface area contributed by atoms with Crippen molar-refractivity contribution >= 4 is 32.5 Å². The second kappa shape index (κ2) is 6.18.